The van der Waals surface area contributed by atoms with Crippen molar-refractivity contribution in [3.8, 4) is 11.1 Å². The lowest BCUT2D eigenvalue weighted by Gasteiger charge is -2.12. The maximum atomic E-state index is 10.2. The van der Waals surface area contributed by atoms with Crippen molar-refractivity contribution in [2.45, 2.75) is 32.4 Å². The van der Waals surface area contributed by atoms with Gasteiger partial charge in [0.05, 0.1) is 6.10 Å². The number of H-pyrrole nitrogens is 1. The van der Waals surface area contributed by atoms with Crippen LogP contribution in [0.1, 0.15) is 37.0 Å². The molecule has 1 atom stereocenters. The first-order chi connectivity index (χ1) is 13.7. The number of aliphatic hydroxyl groups excluding tert-OH is 1. The van der Waals surface area contributed by atoms with E-state index in [2.05, 4.69) is 45.4 Å². The third kappa shape index (κ3) is 3.89. The van der Waals surface area contributed by atoms with Gasteiger partial charge in [-0.25, -0.2) is 4.98 Å². The highest BCUT2D eigenvalue weighted by molar-refractivity contribution is 5.94. The Hall–Kier alpha value is -3.18. The number of benzene rings is 1. The molecule has 0 spiro atoms. The summed E-state index contributed by atoms with van der Waals surface area (Å²) in [5, 5.41) is 14.7. The van der Waals surface area contributed by atoms with Crippen molar-refractivity contribution in [2.24, 2.45) is 0 Å². The summed E-state index contributed by atoms with van der Waals surface area (Å²) in [4.78, 5) is 12.0. The van der Waals surface area contributed by atoms with Crippen molar-refractivity contribution in [3.63, 3.8) is 0 Å². The van der Waals surface area contributed by atoms with Crippen molar-refractivity contribution >= 4 is 16.9 Å². The monoisotopic (exact) mass is 372 g/mol. The minimum Gasteiger partial charge on any atom is -0.388 e. The number of rotatable bonds is 7. The number of anilines is 1. The topological polar surface area (TPSA) is 73.8 Å². The minimum absolute atomic E-state index is 0.402. The van der Waals surface area contributed by atoms with Crippen LogP contribution in [0.5, 0.6) is 0 Å². The van der Waals surface area contributed by atoms with Crippen molar-refractivity contribution in [1.29, 1.82) is 0 Å². The molecule has 3 heterocycles. The van der Waals surface area contributed by atoms with Gasteiger partial charge in [-0.05, 0) is 46.9 Å². The van der Waals surface area contributed by atoms with Crippen LogP contribution in [-0.2, 0) is 6.54 Å². The molecule has 0 saturated heterocycles. The Morgan fingerprint density at radius 1 is 1.14 bits per heavy atom. The summed E-state index contributed by atoms with van der Waals surface area (Å²) in [6, 6.07) is 16.2. The lowest BCUT2D eigenvalue weighted by Crippen LogP contribution is -2.02. The first-order valence-electron chi connectivity index (χ1n) is 9.64. The Morgan fingerprint density at radius 2 is 2.00 bits per heavy atom. The second-order valence-electron chi connectivity index (χ2n) is 6.94. The van der Waals surface area contributed by atoms with Crippen LogP contribution in [0.3, 0.4) is 0 Å². The highest BCUT2D eigenvalue weighted by Crippen LogP contribution is 2.31. The van der Waals surface area contributed by atoms with Gasteiger partial charge in [-0.1, -0.05) is 43.7 Å². The van der Waals surface area contributed by atoms with Gasteiger partial charge in [0.15, 0.2) is 0 Å². The van der Waals surface area contributed by atoms with Crippen LogP contribution in [0.25, 0.3) is 22.2 Å². The summed E-state index contributed by atoms with van der Waals surface area (Å²) < 4.78 is 0. The molecule has 0 radical (unpaired) electrons. The molecule has 0 saturated carbocycles. The van der Waals surface area contributed by atoms with Crippen molar-refractivity contribution in [2.75, 3.05) is 5.32 Å². The molecule has 4 rings (SSSR count). The predicted octanol–water partition coefficient (Wildman–Crippen LogP) is 5.07. The number of nitrogens with zero attached hydrogens (tertiary/aromatic N) is 2. The van der Waals surface area contributed by atoms with Gasteiger partial charge in [-0.2, -0.15) is 0 Å². The molecule has 0 unspecified atom stereocenters. The van der Waals surface area contributed by atoms with E-state index in [0.29, 0.717) is 6.54 Å². The van der Waals surface area contributed by atoms with Crippen molar-refractivity contribution in [3.05, 3.63) is 78.2 Å². The van der Waals surface area contributed by atoms with Crippen LogP contribution in [0, 0.1) is 0 Å². The largest absolute Gasteiger partial charge is 0.388 e. The third-order valence-corrected chi connectivity index (χ3v) is 4.89. The molecule has 0 aliphatic rings. The first-order valence-corrected chi connectivity index (χ1v) is 9.64. The van der Waals surface area contributed by atoms with E-state index in [1.54, 1.807) is 6.20 Å². The molecule has 3 N–H and O–H groups in total. The fourth-order valence-electron chi connectivity index (χ4n) is 3.39. The first kappa shape index (κ1) is 18.2. The molecule has 142 valence electrons. The number of aliphatic hydroxyl groups is 1. The molecule has 0 aliphatic carbocycles. The Bertz CT molecular complexity index is 1040. The van der Waals surface area contributed by atoms with Gasteiger partial charge in [0.2, 0.25) is 0 Å². The number of aromatic nitrogens is 3. The SMILES string of the molecule is CCC[C@@H](O)c1ccc(-c2cc(NCc3cccnc3)nc3[nH]ccc23)cc1. The van der Waals surface area contributed by atoms with E-state index in [1.807, 2.05) is 42.7 Å². The molecule has 0 aliphatic heterocycles. The molecule has 1 aromatic carbocycles. The van der Waals surface area contributed by atoms with Crippen LogP contribution in [0.2, 0.25) is 0 Å². The molecule has 3 aromatic heterocycles. The smallest absolute Gasteiger partial charge is 0.140 e. The molecule has 4 aromatic rings. The van der Waals surface area contributed by atoms with E-state index in [0.717, 1.165) is 51.9 Å². The van der Waals surface area contributed by atoms with E-state index >= 15 is 0 Å². The summed E-state index contributed by atoms with van der Waals surface area (Å²) in [6.07, 6.45) is 6.86. The fraction of sp³-hybridized carbons (Fsp3) is 0.217. The number of hydrogen-bond donors (Lipinski definition) is 3. The lowest BCUT2D eigenvalue weighted by molar-refractivity contribution is 0.166. The van der Waals surface area contributed by atoms with Gasteiger partial charge in [-0.15, -0.1) is 0 Å². The van der Waals surface area contributed by atoms with Gasteiger partial charge in [0.25, 0.3) is 0 Å². The van der Waals surface area contributed by atoms with Crippen LogP contribution in [0.4, 0.5) is 5.82 Å². The lowest BCUT2D eigenvalue weighted by atomic mass is 9.99. The van der Waals surface area contributed by atoms with E-state index in [4.69, 9.17) is 0 Å². The van der Waals surface area contributed by atoms with E-state index in [9.17, 15) is 5.11 Å². The molecule has 0 fully saturated rings. The van der Waals surface area contributed by atoms with E-state index in [-0.39, 0.29) is 0 Å². The Morgan fingerprint density at radius 3 is 2.75 bits per heavy atom. The summed E-state index contributed by atoms with van der Waals surface area (Å²) in [7, 11) is 0. The van der Waals surface area contributed by atoms with Gasteiger partial charge < -0.3 is 15.4 Å². The second-order valence-corrected chi connectivity index (χ2v) is 6.94. The molecular formula is C23H24N4O. The van der Waals surface area contributed by atoms with Crippen LogP contribution in [-0.4, -0.2) is 20.1 Å². The molecule has 28 heavy (non-hydrogen) atoms. The third-order valence-electron chi connectivity index (χ3n) is 4.89. The van der Waals surface area contributed by atoms with E-state index in [1.165, 1.54) is 0 Å². The van der Waals surface area contributed by atoms with Crippen LogP contribution in [0.15, 0.2) is 67.1 Å². The number of hydrogen-bond acceptors (Lipinski definition) is 4. The Kier molecular flexibility index (Phi) is 5.35. The average Bonchev–Trinajstić information content (AvgIpc) is 3.21. The normalized spacial score (nSPS) is 12.2. The zero-order valence-corrected chi connectivity index (χ0v) is 15.9. The fourth-order valence-corrected chi connectivity index (χ4v) is 3.39. The maximum absolute atomic E-state index is 10.2. The number of nitrogens with one attached hydrogen (secondary N) is 2. The molecule has 0 bridgehead atoms. The van der Waals surface area contributed by atoms with Crippen LogP contribution < -0.4 is 5.32 Å². The Labute approximate surface area is 164 Å². The van der Waals surface area contributed by atoms with Gasteiger partial charge >= 0.3 is 0 Å². The summed E-state index contributed by atoms with van der Waals surface area (Å²) in [5.41, 5.74) is 5.12. The number of aromatic amines is 1. The zero-order valence-electron chi connectivity index (χ0n) is 15.9. The second kappa shape index (κ2) is 8.23. The highest BCUT2D eigenvalue weighted by Gasteiger charge is 2.11. The summed E-state index contributed by atoms with van der Waals surface area (Å²) >= 11 is 0. The highest BCUT2D eigenvalue weighted by atomic mass is 16.3. The minimum atomic E-state index is -0.402. The number of fused-ring (bicyclic) bond motifs is 1. The quantitative estimate of drug-likeness (QED) is 0.423. The standard InChI is InChI=1S/C23H24N4O/c1-2-4-21(28)18-8-6-17(7-9-18)20-13-22(27-23-19(20)10-12-25-23)26-15-16-5-3-11-24-14-16/h3,5-14,21,28H,2,4,15H2,1H3,(H2,25,26,27)/t21-/m1/s1. The van der Waals surface area contributed by atoms with Crippen molar-refractivity contribution in [1.82, 2.24) is 15.0 Å². The summed E-state index contributed by atoms with van der Waals surface area (Å²) in [6.45, 7) is 2.74. The van der Waals surface area contributed by atoms with Gasteiger partial charge in [0, 0.05) is 30.5 Å². The van der Waals surface area contributed by atoms with Crippen LogP contribution >= 0.6 is 0 Å². The maximum Gasteiger partial charge on any atom is 0.140 e. The predicted molar refractivity (Wildman–Crippen MR) is 113 cm³/mol. The van der Waals surface area contributed by atoms with E-state index < -0.39 is 6.10 Å². The molecule has 0 amide bonds. The molecule has 5 nitrogen and oxygen atoms in total. The van der Waals surface area contributed by atoms with Gasteiger partial charge in [0.1, 0.15) is 11.5 Å². The average molecular weight is 372 g/mol. The summed E-state index contributed by atoms with van der Waals surface area (Å²) in [5.74, 6) is 0.809. The zero-order chi connectivity index (χ0) is 19.3. The number of pyridine rings is 2. The Balaban J connectivity index is 1.63. The molecule has 5 heteroatoms. The van der Waals surface area contributed by atoms with Gasteiger partial charge in [-0.3, -0.25) is 4.98 Å². The van der Waals surface area contributed by atoms with Crippen molar-refractivity contribution < 1.29 is 5.11 Å². The molecular weight excluding hydrogens is 348 g/mol.